The summed E-state index contributed by atoms with van der Waals surface area (Å²) >= 11 is 1.43. The van der Waals surface area contributed by atoms with Crippen LogP contribution in [0.4, 0.5) is 5.13 Å². The number of rotatable bonds is 7. The van der Waals surface area contributed by atoms with Crippen molar-refractivity contribution in [2.45, 2.75) is 6.92 Å². The van der Waals surface area contributed by atoms with Crippen molar-refractivity contribution in [2.24, 2.45) is 0 Å². The Hall–Kier alpha value is -2.86. The minimum absolute atomic E-state index is 0.242. The van der Waals surface area contributed by atoms with Crippen molar-refractivity contribution >= 4 is 22.4 Å². The molecule has 0 radical (unpaired) electrons. The van der Waals surface area contributed by atoms with E-state index in [-0.39, 0.29) is 5.91 Å². The first kappa shape index (κ1) is 17.0. The van der Waals surface area contributed by atoms with E-state index in [2.05, 4.69) is 10.3 Å². The molecule has 1 aromatic heterocycles. The molecule has 0 unspecified atom stereocenters. The largest absolute Gasteiger partial charge is 0.490 e. The average Bonchev–Trinajstić information content (AvgIpc) is 3.04. The molecule has 5 nitrogen and oxygen atoms in total. The number of nitrogens with zero attached hydrogens (tertiary/aromatic N) is 1. The van der Waals surface area contributed by atoms with E-state index < -0.39 is 0 Å². The summed E-state index contributed by atoms with van der Waals surface area (Å²) in [6, 6.07) is 16.7. The van der Waals surface area contributed by atoms with E-state index >= 15 is 0 Å². The van der Waals surface area contributed by atoms with Crippen molar-refractivity contribution in [1.82, 2.24) is 4.98 Å². The highest BCUT2D eigenvalue weighted by Gasteiger charge is 2.13. The van der Waals surface area contributed by atoms with Crippen LogP contribution in [0.3, 0.4) is 0 Å². The number of aryl methyl sites for hydroxylation is 1. The van der Waals surface area contributed by atoms with Gasteiger partial charge in [0.05, 0.1) is 5.56 Å². The molecule has 0 saturated heterocycles. The van der Waals surface area contributed by atoms with Gasteiger partial charge in [-0.2, -0.15) is 0 Å². The molecule has 0 atom stereocenters. The van der Waals surface area contributed by atoms with Crippen LogP contribution in [0.25, 0.3) is 0 Å². The minimum Gasteiger partial charge on any atom is -0.490 e. The Bertz CT molecular complexity index is 833. The predicted molar refractivity (Wildman–Crippen MR) is 98.7 cm³/mol. The Morgan fingerprint density at radius 3 is 2.52 bits per heavy atom. The molecule has 0 bridgehead atoms. The second kappa shape index (κ2) is 8.30. The Balaban J connectivity index is 1.57. The molecule has 0 aliphatic carbocycles. The average molecular weight is 354 g/mol. The standard InChI is InChI=1S/C19H18N2O3S/c1-14-13-20-19(25-14)21-18(22)16-9-5-6-10-17(16)24-12-11-23-15-7-3-2-4-8-15/h2-10,13H,11-12H2,1H3,(H,20,21,22). The van der Waals surface area contributed by atoms with Gasteiger partial charge in [-0.05, 0) is 31.2 Å². The van der Waals surface area contributed by atoms with E-state index in [0.717, 1.165) is 10.6 Å². The molecule has 3 aromatic rings. The molecule has 2 aromatic carbocycles. The molecule has 25 heavy (non-hydrogen) atoms. The van der Waals surface area contributed by atoms with Gasteiger partial charge in [0, 0.05) is 11.1 Å². The third kappa shape index (κ3) is 4.81. The van der Waals surface area contributed by atoms with E-state index in [1.807, 2.05) is 43.3 Å². The third-order valence-corrected chi connectivity index (χ3v) is 4.15. The van der Waals surface area contributed by atoms with Crippen LogP contribution in [0, 0.1) is 6.92 Å². The van der Waals surface area contributed by atoms with E-state index in [9.17, 15) is 4.79 Å². The first-order valence-electron chi connectivity index (χ1n) is 7.86. The van der Waals surface area contributed by atoms with Gasteiger partial charge in [-0.15, -0.1) is 11.3 Å². The van der Waals surface area contributed by atoms with Gasteiger partial charge in [0.1, 0.15) is 24.7 Å². The Morgan fingerprint density at radius 2 is 1.76 bits per heavy atom. The molecule has 3 rings (SSSR count). The molecule has 0 aliphatic heterocycles. The van der Waals surface area contributed by atoms with Gasteiger partial charge in [-0.25, -0.2) is 4.98 Å². The number of carbonyl (C=O) groups excluding carboxylic acids is 1. The summed E-state index contributed by atoms with van der Waals surface area (Å²) in [5.41, 5.74) is 0.468. The summed E-state index contributed by atoms with van der Waals surface area (Å²) in [5, 5.41) is 3.37. The van der Waals surface area contributed by atoms with Gasteiger partial charge >= 0.3 is 0 Å². The number of hydrogen-bond donors (Lipinski definition) is 1. The molecule has 128 valence electrons. The fourth-order valence-electron chi connectivity index (χ4n) is 2.18. The van der Waals surface area contributed by atoms with Gasteiger partial charge in [-0.3, -0.25) is 10.1 Å². The van der Waals surface area contributed by atoms with Crippen LogP contribution in [-0.4, -0.2) is 24.1 Å². The van der Waals surface area contributed by atoms with E-state index in [1.165, 1.54) is 11.3 Å². The van der Waals surface area contributed by atoms with E-state index in [1.54, 1.807) is 24.4 Å². The van der Waals surface area contributed by atoms with Crippen LogP contribution in [0.5, 0.6) is 11.5 Å². The zero-order valence-corrected chi connectivity index (χ0v) is 14.6. The highest BCUT2D eigenvalue weighted by Crippen LogP contribution is 2.22. The number of nitrogens with one attached hydrogen (secondary N) is 1. The van der Waals surface area contributed by atoms with Crippen LogP contribution in [0.1, 0.15) is 15.2 Å². The molecular weight excluding hydrogens is 336 g/mol. The monoisotopic (exact) mass is 354 g/mol. The number of ether oxygens (including phenoxy) is 2. The number of amides is 1. The molecule has 0 aliphatic rings. The lowest BCUT2D eigenvalue weighted by Crippen LogP contribution is -2.15. The highest BCUT2D eigenvalue weighted by atomic mass is 32.1. The van der Waals surface area contributed by atoms with Crippen LogP contribution in [0.15, 0.2) is 60.8 Å². The van der Waals surface area contributed by atoms with Crippen LogP contribution < -0.4 is 14.8 Å². The van der Waals surface area contributed by atoms with Crippen molar-refractivity contribution in [3.05, 3.63) is 71.2 Å². The van der Waals surface area contributed by atoms with E-state index in [0.29, 0.717) is 29.7 Å². The van der Waals surface area contributed by atoms with Gasteiger partial charge in [0.25, 0.3) is 5.91 Å². The zero-order valence-electron chi connectivity index (χ0n) is 13.8. The number of hydrogen-bond acceptors (Lipinski definition) is 5. The van der Waals surface area contributed by atoms with Crippen LogP contribution >= 0.6 is 11.3 Å². The highest BCUT2D eigenvalue weighted by molar-refractivity contribution is 7.15. The number of para-hydroxylation sites is 2. The van der Waals surface area contributed by atoms with Crippen molar-refractivity contribution in [3.63, 3.8) is 0 Å². The molecule has 1 N–H and O–H groups in total. The lowest BCUT2D eigenvalue weighted by Gasteiger charge is -2.11. The van der Waals surface area contributed by atoms with Gasteiger partial charge in [-0.1, -0.05) is 30.3 Å². The third-order valence-electron chi connectivity index (χ3n) is 3.33. The molecule has 1 amide bonds. The maximum Gasteiger partial charge on any atom is 0.261 e. The predicted octanol–water partition coefficient (Wildman–Crippen LogP) is 4.16. The molecule has 0 saturated carbocycles. The summed E-state index contributed by atoms with van der Waals surface area (Å²) < 4.78 is 11.3. The quantitative estimate of drug-likeness (QED) is 0.647. The summed E-state index contributed by atoms with van der Waals surface area (Å²) in [6.07, 6.45) is 1.73. The number of benzene rings is 2. The van der Waals surface area contributed by atoms with Gasteiger partial charge in [0.15, 0.2) is 5.13 Å². The Kier molecular flexibility index (Phi) is 5.64. The molecule has 6 heteroatoms. The molecule has 1 heterocycles. The number of carbonyl (C=O) groups is 1. The van der Waals surface area contributed by atoms with Gasteiger partial charge < -0.3 is 9.47 Å². The van der Waals surface area contributed by atoms with E-state index in [4.69, 9.17) is 9.47 Å². The lowest BCUT2D eigenvalue weighted by molar-refractivity contribution is 0.102. The molecule has 0 spiro atoms. The summed E-state index contributed by atoms with van der Waals surface area (Å²) in [5.74, 6) is 1.06. The minimum atomic E-state index is -0.242. The number of anilines is 1. The maximum absolute atomic E-state index is 12.4. The molecular formula is C19H18N2O3S. The topological polar surface area (TPSA) is 60.5 Å². The normalized spacial score (nSPS) is 10.3. The Labute approximate surface area is 150 Å². The maximum atomic E-state index is 12.4. The summed E-state index contributed by atoms with van der Waals surface area (Å²) in [4.78, 5) is 17.6. The second-order valence-electron chi connectivity index (χ2n) is 5.24. The van der Waals surface area contributed by atoms with Crippen LogP contribution in [0.2, 0.25) is 0 Å². The van der Waals surface area contributed by atoms with Crippen LogP contribution in [-0.2, 0) is 0 Å². The Morgan fingerprint density at radius 1 is 1.04 bits per heavy atom. The van der Waals surface area contributed by atoms with Crippen molar-refractivity contribution < 1.29 is 14.3 Å². The lowest BCUT2D eigenvalue weighted by atomic mass is 10.2. The second-order valence-corrected chi connectivity index (χ2v) is 6.47. The summed E-state index contributed by atoms with van der Waals surface area (Å²) in [7, 11) is 0. The summed E-state index contributed by atoms with van der Waals surface area (Å²) in [6.45, 7) is 2.68. The number of thiazole rings is 1. The smallest absolute Gasteiger partial charge is 0.261 e. The van der Waals surface area contributed by atoms with Crippen molar-refractivity contribution in [1.29, 1.82) is 0 Å². The fourth-order valence-corrected chi connectivity index (χ4v) is 2.84. The molecule has 0 fully saturated rings. The first-order valence-corrected chi connectivity index (χ1v) is 8.67. The van der Waals surface area contributed by atoms with Gasteiger partial charge in [0.2, 0.25) is 0 Å². The van der Waals surface area contributed by atoms with Crippen molar-refractivity contribution in [2.75, 3.05) is 18.5 Å². The zero-order chi connectivity index (χ0) is 17.5. The fraction of sp³-hybridized carbons (Fsp3) is 0.158. The number of aromatic nitrogens is 1. The first-order chi connectivity index (χ1) is 12.2. The SMILES string of the molecule is Cc1cnc(NC(=O)c2ccccc2OCCOc2ccccc2)s1. The van der Waals surface area contributed by atoms with Crippen molar-refractivity contribution in [3.8, 4) is 11.5 Å².